The van der Waals surface area contributed by atoms with Gasteiger partial charge in [-0.25, -0.2) is 8.78 Å². The SMILES string of the molecule is CCOc1cccc2cc(OCC(F)F)c3c(c12)C(=O)N(c1ccc(CC(=O)O)cc1Cl)C3. The highest BCUT2D eigenvalue weighted by molar-refractivity contribution is 6.34. The lowest BCUT2D eigenvalue weighted by atomic mass is 9.98. The normalized spacial score (nSPS) is 13.0. The van der Waals surface area contributed by atoms with Crippen molar-refractivity contribution in [2.75, 3.05) is 18.1 Å². The van der Waals surface area contributed by atoms with Gasteiger partial charge < -0.3 is 19.5 Å². The fraction of sp³-hybridized carbons (Fsp3) is 0.250. The second kappa shape index (κ2) is 9.23. The quantitative estimate of drug-likeness (QED) is 0.477. The highest BCUT2D eigenvalue weighted by Crippen LogP contribution is 2.43. The van der Waals surface area contributed by atoms with Crippen LogP contribution in [0.3, 0.4) is 0 Å². The van der Waals surface area contributed by atoms with Crippen LogP contribution >= 0.6 is 11.6 Å². The molecular formula is C24H20ClF2NO5. The van der Waals surface area contributed by atoms with Gasteiger partial charge in [-0.1, -0.05) is 29.8 Å². The summed E-state index contributed by atoms with van der Waals surface area (Å²) in [7, 11) is 0. The number of ether oxygens (including phenoxy) is 2. The maximum absolute atomic E-state index is 13.6. The van der Waals surface area contributed by atoms with Crippen molar-refractivity contribution in [3.05, 3.63) is 64.2 Å². The molecule has 0 radical (unpaired) electrons. The number of rotatable bonds is 8. The van der Waals surface area contributed by atoms with Crippen LogP contribution in [0.4, 0.5) is 14.5 Å². The maximum atomic E-state index is 13.6. The van der Waals surface area contributed by atoms with E-state index in [1.807, 2.05) is 6.92 Å². The number of carbonyl (C=O) groups is 2. The van der Waals surface area contributed by atoms with E-state index in [0.29, 0.717) is 45.5 Å². The van der Waals surface area contributed by atoms with Crippen LogP contribution < -0.4 is 14.4 Å². The molecule has 0 fully saturated rings. The highest BCUT2D eigenvalue weighted by Gasteiger charge is 2.35. The first-order valence-corrected chi connectivity index (χ1v) is 10.6. The Labute approximate surface area is 193 Å². The second-order valence-electron chi connectivity index (χ2n) is 7.47. The molecule has 3 aromatic carbocycles. The van der Waals surface area contributed by atoms with E-state index in [1.165, 1.54) is 11.0 Å². The Morgan fingerprint density at radius 3 is 2.64 bits per heavy atom. The number of carboxylic acid groups (broad SMARTS) is 1. The molecule has 0 bridgehead atoms. The monoisotopic (exact) mass is 475 g/mol. The van der Waals surface area contributed by atoms with Gasteiger partial charge in [-0.2, -0.15) is 0 Å². The van der Waals surface area contributed by atoms with Crippen molar-refractivity contribution >= 4 is 39.9 Å². The third-order valence-electron chi connectivity index (χ3n) is 5.29. The van der Waals surface area contributed by atoms with E-state index < -0.39 is 19.0 Å². The molecule has 1 amide bonds. The number of hydrogen-bond donors (Lipinski definition) is 1. The van der Waals surface area contributed by atoms with Gasteiger partial charge in [0, 0.05) is 10.9 Å². The molecule has 1 aliphatic rings. The van der Waals surface area contributed by atoms with Gasteiger partial charge in [-0.05, 0) is 42.1 Å². The van der Waals surface area contributed by atoms with Gasteiger partial charge in [0.2, 0.25) is 0 Å². The molecule has 6 nitrogen and oxygen atoms in total. The summed E-state index contributed by atoms with van der Waals surface area (Å²) in [5.74, 6) is -0.678. The smallest absolute Gasteiger partial charge is 0.307 e. The zero-order valence-electron chi connectivity index (χ0n) is 17.6. The van der Waals surface area contributed by atoms with Gasteiger partial charge in [0.25, 0.3) is 12.3 Å². The summed E-state index contributed by atoms with van der Waals surface area (Å²) in [6, 6.07) is 11.6. The minimum absolute atomic E-state index is 0.0567. The van der Waals surface area contributed by atoms with E-state index in [4.69, 9.17) is 26.2 Å². The average Bonchev–Trinajstić information content (AvgIpc) is 3.09. The van der Waals surface area contributed by atoms with Crippen molar-refractivity contribution in [1.82, 2.24) is 0 Å². The molecule has 0 spiro atoms. The standard InChI is InChI=1S/C24H20ClF2NO5/c1-2-32-18-5-3-4-14-10-19(33-12-20(26)27)15-11-28(24(31)23(15)22(14)18)17-7-6-13(8-16(17)25)9-21(29)30/h3-8,10,20H,2,9,11-12H2,1H3,(H,29,30). The number of carboxylic acids is 1. The van der Waals surface area contributed by atoms with Gasteiger partial charge in [-0.3, -0.25) is 9.59 Å². The average molecular weight is 476 g/mol. The molecule has 33 heavy (non-hydrogen) atoms. The van der Waals surface area contributed by atoms with Gasteiger partial charge in [0.05, 0.1) is 35.8 Å². The fourth-order valence-electron chi connectivity index (χ4n) is 4.00. The molecule has 1 N–H and O–H groups in total. The lowest BCUT2D eigenvalue weighted by molar-refractivity contribution is -0.136. The summed E-state index contributed by atoms with van der Waals surface area (Å²) in [6.07, 6.45) is -2.88. The van der Waals surface area contributed by atoms with E-state index in [0.717, 1.165) is 0 Å². The summed E-state index contributed by atoms with van der Waals surface area (Å²) in [6.45, 7) is 1.46. The first-order valence-electron chi connectivity index (χ1n) is 10.2. The van der Waals surface area contributed by atoms with E-state index >= 15 is 0 Å². The maximum Gasteiger partial charge on any atom is 0.307 e. The van der Waals surface area contributed by atoms with Gasteiger partial charge in [0.15, 0.2) is 0 Å². The number of fused-ring (bicyclic) bond motifs is 3. The van der Waals surface area contributed by atoms with E-state index in [2.05, 4.69) is 0 Å². The Morgan fingerprint density at radius 2 is 1.97 bits per heavy atom. The highest BCUT2D eigenvalue weighted by atomic mass is 35.5. The van der Waals surface area contributed by atoms with E-state index in [1.54, 1.807) is 36.4 Å². The number of amides is 1. The molecule has 1 aliphatic heterocycles. The largest absolute Gasteiger partial charge is 0.493 e. The topological polar surface area (TPSA) is 76.1 Å². The number of halogens is 3. The molecule has 0 unspecified atom stereocenters. The molecule has 0 atom stereocenters. The van der Waals surface area contributed by atoms with Crippen molar-refractivity contribution in [3.8, 4) is 11.5 Å². The molecule has 172 valence electrons. The van der Waals surface area contributed by atoms with Gasteiger partial charge in [-0.15, -0.1) is 0 Å². The minimum Gasteiger partial charge on any atom is -0.493 e. The molecule has 1 heterocycles. The van der Waals surface area contributed by atoms with Crippen LogP contribution in [-0.4, -0.2) is 36.6 Å². The van der Waals surface area contributed by atoms with Crippen LogP contribution in [0.15, 0.2) is 42.5 Å². The Bertz CT molecular complexity index is 1250. The first-order chi connectivity index (χ1) is 15.8. The van der Waals surface area contributed by atoms with E-state index in [-0.39, 0.29) is 29.6 Å². The summed E-state index contributed by atoms with van der Waals surface area (Å²) in [5.41, 5.74) is 1.65. The number of carbonyl (C=O) groups excluding carboxylic acids is 1. The number of aliphatic carboxylic acids is 1. The van der Waals surface area contributed by atoms with Gasteiger partial charge in [0.1, 0.15) is 18.1 Å². The lowest BCUT2D eigenvalue weighted by Crippen LogP contribution is -2.23. The summed E-state index contributed by atoms with van der Waals surface area (Å²) >= 11 is 6.40. The number of benzene rings is 3. The molecule has 0 saturated heterocycles. The molecule has 4 rings (SSSR count). The number of nitrogens with zero attached hydrogens (tertiary/aromatic N) is 1. The Balaban J connectivity index is 1.83. The number of alkyl halides is 2. The zero-order valence-corrected chi connectivity index (χ0v) is 18.4. The van der Waals surface area contributed by atoms with Gasteiger partial charge >= 0.3 is 5.97 Å². The van der Waals surface area contributed by atoms with Crippen LogP contribution in [0.25, 0.3) is 10.8 Å². The Morgan fingerprint density at radius 1 is 1.18 bits per heavy atom. The molecule has 0 aliphatic carbocycles. The lowest BCUT2D eigenvalue weighted by Gasteiger charge is -2.18. The summed E-state index contributed by atoms with van der Waals surface area (Å²) in [4.78, 5) is 26.0. The van der Waals surface area contributed by atoms with Crippen molar-refractivity contribution in [2.45, 2.75) is 26.3 Å². The van der Waals surface area contributed by atoms with Crippen LogP contribution in [0.1, 0.15) is 28.4 Å². The number of anilines is 1. The third-order valence-corrected chi connectivity index (χ3v) is 5.60. The predicted octanol–water partition coefficient (Wildman–Crippen LogP) is 5.32. The molecule has 0 saturated carbocycles. The molecular weight excluding hydrogens is 456 g/mol. The third kappa shape index (κ3) is 4.43. The Kier molecular flexibility index (Phi) is 6.37. The van der Waals surface area contributed by atoms with Crippen molar-refractivity contribution in [2.24, 2.45) is 0 Å². The van der Waals surface area contributed by atoms with E-state index in [9.17, 15) is 18.4 Å². The minimum atomic E-state index is -2.67. The van der Waals surface area contributed by atoms with Crippen molar-refractivity contribution < 1.29 is 33.0 Å². The first kappa shape index (κ1) is 22.8. The molecule has 9 heteroatoms. The van der Waals surface area contributed by atoms with Crippen molar-refractivity contribution in [1.29, 1.82) is 0 Å². The summed E-state index contributed by atoms with van der Waals surface area (Å²) in [5, 5.41) is 10.4. The predicted molar refractivity (Wildman–Crippen MR) is 120 cm³/mol. The second-order valence-corrected chi connectivity index (χ2v) is 7.87. The van der Waals surface area contributed by atoms with Crippen molar-refractivity contribution in [3.63, 3.8) is 0 Å². The van der Waals surface area contributed by atoms with Crippen LogP contribution in [-0.2, 0) is 17.8 Å². The molecule has 0 aromatic heterocycles. The van der Waals surface area contributed by atoms with Crippen LogP contribution in [0.5, 0.6) is 11.5 Å². The van der Waals surface area contributed by atoms with Crippen LogP contribution in [0, 0.1) is 0 Å². The number of hydrogen-bond acceptors (Lipinski definition) is 4. The zero-order chi connectivity index (χ0) is 23.7. The summed E-state index contributed by atoms with van der Waals surface area (Å²) < 4.78 is 36.8. The fourth-order valence-corrected chi connectivity index (χ4v) is 4.31. The Hall–Kier alpha value is -3.39. The molecule has 3 aromatic rings. The van der Waals surface area contributed by atoms with Crippen LogP contribution in [0.2, 0.25) is 5.02 Å².